The SMILES string of the molecule is CN(C1CCCC1)n1nnc2ccccc21. The summed E-state index contributed by atoms with van der Waals surface area (Å²) in [6, 6.07) is 8.72. The monoisotopic (exact) mass is 216 g/mol. The maximum absolute atomic E-state index is 4.23. The van der Waals surface area contributed by atoms with Crippen LogP contribution in [0, 0.1) is 0 Å². The standard InChI is InChI=1S/C12H16N4/c1-15(10-6-2-3-7-10)16-12-9-5-4-8-11(12)13-14-16/h4-5,8-10H,2-3,6-7H2,1H3. The van der Waals surface area contributed by atoms with Crippen molar-refractivity contribution >= 4 is 11.0 Å². The van der Waals surface area contributed by atoms with Gasteiger partial charge in [-0.3, -0.25) is 5.01 Å². The molecule has 0 amide bonds. The maximum Gasteiger partial charge on any atom is 0.115 e. The molecule has 1 heterocycles. The summed E-state index contributed by atoms with van der Waals surface area (Å²) < 4.78 is 0. The summed E-state index contributed by atoms with van der Waals surface area (Å²) in [6.07, 6.45) is 5.21. The molecular formula is C12H16N4. The molecule has 0 atom stereocenters. The van der Waals surface area contributed by atoms with Crippen LogP contribution in [0.4, 0.5) is 0 Å². The van der Waals surface area contributed by atoms with Crippen LogP contribution < -0.4 is 5.01 Å². The van der Waals surface area contributed by atoms with Crippen LogP contribution in [-0.2, 0) is 0 Å². The third kappa shape index (κ3) is 1.45. The summed E-state index contributed by atoms with van der Waals surface area (Å²) in [4.78, 5) is 1.94. The van der Waals surface area contributed by atoms with Crippen LogP contribution >= 0.6 is 0 Å². The molecule has 0 unspecified atom stereocenters. The Morgan fingerprint density at radius 2 is 2.00 bits per heavy atom. The second-order valence-corrected chi connectivity index (χ2v) is 4.48. The molecule has 16 heavy (non-hydrogen) atoms. The Hall–Kier alpha value is -1.58. The molecule has 1 aliphatic carbocycles. The van der Waals surface area contributed by atoms with Crippen LogP contribution in [-0.4, -0.2) is 28.2 Å². The molecular weight excluding hydrogens is 200 g/mol. The first-order chi connectivity index (χ1) is 7.86. The number of aromatic nitrogens is 3. The van der Waals surface area contributed by atoms with Gasteiger partial charge in [0.25, 0.3) is 0 Å². The van der Waals surface area contributed by atoms with Gasteiger partial charge in [-0.2, -0.15) is 4.79 Å². The van der Waals surface area contributed by atoms with E-state index in [2.05, 4.69) is 28.4 Å². The minimum absolute atomic E-state index is 0.616. The summed E-state index contributed by atoms with van der Waals surface area (Å²) >= 11 is 0. The number of rotatable bonds is 2. The van der Waals surface area contributed by atoms with Gasteiger partial charge in [0.1, 0.15) is 11.0 Å². The van der Waals surface area contributed by atoms with Crippen molar-refractivity contribution in [3.63, 3.8) is 0 Å². The van der Waals surface area contributed by atoms with E-state index in [-0.39, 0.29) is 0 Å². The van der Waals surface area contributed by atoms with Crippen molar-refractivity contribution in [1.82, 2.24) is 15.1 Å². The van der Waals surface area contributed by atoms with E-state index in [1.807, 2.05) is 23.0 Å². The Labute approximate surface area is 94.8 Å². The molecule has 1 aliphatic rings. The highest BCUT2D eigenvalue weighted by atomic mass is 15.7. The fraction of sp³-hybridized carbons (Fsp3) is 0.500. The number of nitrogens with zero attached hydrogens (tertiary/aromatic N) is 4. The maximum atomic E-state index is 4.23. The molecule has 0 aliphatic heterocycles. The van der Waals surface area contributed by atoms with Crippen LogP contribution in [0.3, 0.4) is 0 Å². The molecule has 1 fully saturated rings. The van der Waals surface area contributed by atoms with Gasteiger partial charge in [0.2, 0.25) is 0 Å². The highest BCUT2D eigenvalue weighted by Gasteiger charge is 2.21. The van der Waals surface area contributed by atoms with E-state index in [9.17, 15) is 0 Å². The van der Waals surface area contributed by atoms with E-state index in [4.69, 9.17) is 0 Å². The lowest BCUT2D eigenvalue weighted by molar-refractivity contribution is 0.481. The molecule has 0 spiro atoms. The van der Waals surface area contributed by atoms with E-state index in [0.29, 0.717) is 6.04 Å². The van der Waals surface area contributed by atoms with Crippen LogP contribution in [0.2, 0.25) is 0 Å². The largest absolute Gasteiger partial charge is 0.295 e. The zero-order chi connectivity index (χ0) is 11.0. The minimum atomic E-state index is 0.616. The second kappa shape index (κ2) is 3.77. The lowest BCUT2D eigenvalue weighted by Gasteiger charge is -2.25. The van der Waals surface area contributed by atoms with Crippen molar-refractivity contribution < 1.29 is 0 Å². The van der Waals surface area contributed by atoms with Crippen molar-refractivity contribution in [2.45, 2.75) is 31.7 Å². The molecule has 1 aromatic carbocycles. The van der Waals surface area contributed by atoms with Gasteiger partial charge in [-0.05, 0) is 30.2 Å². The van der Waals surface area contributed by atoms with Crippen molar-refractivity contribution in [3.8, 4) is 0 Å². The molecule has 1 saturated carbocycles. The van der Waals surface area contributed by atoms with Crippen LogP contribution in [0.1, 0.15) is 25.7 Å². The summed E-state index contributed by atoms with van der Waals surface area (Å²) in [5, 5.41) is 10.6. The van der Waals surface area contributed by atoms with Crippen molar-refractivity contribution in [3.05, 3.63) is 24.3 Å². The Balaban J connectivity index is 1.98. The Morgan fingerprint density at radius 3 is 2.81 bits per heavy atom. The average Bonchev–Trinajstić information content (AvgIpc) is 2.98. The van der Waals surface area contributed by atoms with Gasteiger partial charge < -0.3 is 0 Å². The average molecular weight is 216 g/mol. The fourth-order valence-electron chi connectivity index (χ4n) is 2.52. The fourth-order valence-corrected chi connectivity index (χ4v) is 2.52. The number of para-hydroxylation sites is 1. The van der Waals surface area contributed by atoms with Gasteiger partial charge in [-0.25, -0.2) is 0 Å². The Morgan fingerprint density at radius 1 is 1.25 bits per heavy atom. The molecule has 0 saturated heterocycles. The van der Waals surface area contributed by atoms with E-state index in [1.54, 1.807) is 0 Å². The van der Waals surface area contributed by atoms with Gasteiger partial charge in [-0.1, -0.05) is 25.0 Å². The first kappa shape index (κ1) is 9.63. The molecule has 4 heteroatoms. The summed E-state index contributed by atoms with van der Waals surface area (Å²) in [5.41, 5.74) is 2.06. The van der Waals surface area contributed by atoms with Gasteiger partial charge in [0.15, 0.2) is 0 Å². The Bertz CT molecular complexity index is 484. The molecule has 3 rings (SSSR count). The number of benzene rings is 1. The lowest BCUT2D eigenvalue weighted by atomic mass is 10.2. The predicted molar refractivity (Wildman–Crippen MR) is 63.9 cm³/mol. The molecule has 1 aromatic heterocycles. The zero-order valence-corrected chi connectivity index (χ0v) is 9.50. The van der Waals surface area contributed by atoms with E-state index in [1.165, 1.54) is 25.7 Å². The lowest BCUT2D eigenvalue weighted by Crippen LogP contribution is -2.39. The third-order valence-corrected chi connectivity index (χ3v) is 3.49. The highest BCUT2D eigenvalue weighted by molar-refractivity contribution is 5.74. The first-order valence-corrected chi connectivity index (χ1v) is 5.90. The van der Waals surface area contributed by atoms with E-state index in [0.717, 1.165) is 11.0 Å². The van der Waals surface area contributed by atoms with Crippen LogP contribution in [0.15, 0.2) is 24.3 Å². The normalized spacial score (nSPS) is 17.1. The van der Waals surface area contributed by atoms with E-state index < -0.39 is 0 Å². The zero-order valence-electron chi connectivity index (χ0n) is 9.50. The Kier molecular flexibility index (Phi) is 2.27. The molecule has 0 N–H and O–H groups in total. The first-order valence-electron chi connectivity index (χ1n) is 5.90. The van der Waals surface area contributed by atoms with Gasteiger partial charge in [0, 0.05) is 13.1 Å². The number of fused-ring (bicyclic) bond motifs is 1. The molecule has 0 radical (unpaired) electrons. The topological polar surface area (TPSA) is 34.0 Å². The molecule has 84 valence electrons. The van der Waals surface area contributed by atoms with Crippen LogP contribution in [0.5, 0.6) is 0 Å². The number of hydrogen-bond donors (Lipinski definition) is 0. The highest BCUT2D eigenvalue weighted by Crippen LogP contribution is 2.22. The minimum Gasteiger partial charge on any atom is -0.295 e. The predicted octanol–water partition coefficient (Wildman–Crippen LogP) is 1.94. The van der Waals surface area contributed by atoms with E-state index >= 15 is 0 Å². The quantitative estimate of drug-likeness (QED) is 0.769. The third-order valence-electron chi connectivity index (χ3n) is 3.49. The van der Waals surface area contributed by atoms with Crippen molar-refractivity contribution in [2.75, 3.05) is 12.1 Å². The molecule has 0 bridgehead atoms. The smallest absolute Gasteiger partial charge is 0.115 e. The summed E-state index contributed by atoms with van der Waals surface area (Å²) in [5.74, 6) is 0. The number of hydrogen-bond acceptors (Lipinski definition) is 3. The summed E-state index contributed by atoms with van der Waals surface area (Å²) in [7, 11) is 2.11. The second-order valence-electron chi connectivity index (χ2n) is 4.48. The van der Waals surface area contributed by atoms with Gasteiger partial charge >= 0.3 is 0 Å². The van der Waals surface area contributed by atoms with Crippen LogP contribution in [0.25, 0.3) is 11.0 Å². The molecule has 2 aromatic rings. The van der Waals surface area contributed by atoms with Gasteiger partial charge in [0.05, 0.1) is 0 Å². The molecule has 4 nitrogen and oxygen atoms in total. The van der Waals surface area contributed by atoms with Gasteiger partial charge in [-0.15, -0.1) is 5.10 Å². The van der Waals surface area contributed by atoms with Crippen molar-refractivity contribution in [1.29, 1.82) is 0 Å². The summed E-state index contributed by atoms with van der Waals surface area (Å²) in [6.45, 7) is 0. The van der Waals surface area contributed by atoms with Crippen molar-refractivity contribution in [2.24, 2.45) is 0 Å².